The maximum Gasteiger partial charge on any atom is 0.223 e. The van der Waals surface area contributed by atoms with Crippen molar-refractivity contribution in [2.24, 2.45) is 7.05 Å². The van der Waals surface area contributed by atoms with E-state index in [1.807, 2.05) is 42.9 Å². The van der Waals surface area contributed by atoms with Gasteiger partial charge in [-0.3, -0.25) is 4.68 Å². The molecule has 0 bridgehead atoms. The van der Waals surface area contributed by atoms with Gasteiger partial charge in [0.25, 0.3) is 0 Å². The molecule has 3 aromatic rings. The summed E-state index contributed by atoms with van der Waals surface area (Å²) in [6, 6.07) is 7.85. The number of fused-ring (bicyclic) bond motifs is 1. The molecule has 0 aliphatic heterocycles. The largest absolute Gasteiger partial charge is 0.493 e. The molecule has 0 fully saturated rings. The van der Waals surface area contributed by atoms with Crippen LogP contribution in [0.1, 0.15) is 19.0 Å². The Morgan fingerprint density at radius 3 is 2.36 bits per heavy atom. The van der Waals surface area contributed by atoms with Gasteiger partial charge in [-0.15, -0.1) is 0 Å². The third-order valence-electron chi connectivity index (χ3n) is 4.12. The van der Waals surface area contributed by atoms with Crippen molar-refractivity contribution in [3.63, 3.8) is 0 Å². The number of hydrogen-bond donors (Lipinski definition) is 0. The third-order valence-corrected chi connectivity index (χ3v) is 4.12. The summed E-state index contributed by atoms with van der Waals surface area (Å²) < 4.78 is 18.5. The Balaban J connectivity index is 2.21. The maximum absolute atomic E-state index is 5.90. The topological polar surface area (TPSA) is 58.4 Å². The van der Waals surface area contributed by atoms with Crippen molar-refractivity contribution in [2.45, 2.75) is 20.3 Å². The van der Waals surface area contributed by atoms with Crippen LogP contribution in [0.25, 0.3) is 22.2 Å². The molecule has 0 N–H and O–H groups in total. The lowest BCUT2D eigenvalue weighted by Crippen LogP contribution is -2.01. The first kappa shape index (κ1) is 17.1. The molecule has 2 aromatic heterocycles. The Morgan fingerprint density at radius 2 is 1.76 bits per heavy atom. The van der Waals surface area contributed by atoms with Crippen molar-refractivity contribution in [2.75, 3.05) is 20.8 Å². The van der Waals surface area contributed by atoms with E-state index in [0.29, 0.717) is 24.0 Å². The zero-order valence-electron chi connectivity index (χ0n) is 15.3. The van der Waals surface area contributed by atoms with E-state index in [1.54, 1.807) is 14.2 Å². The number of rotatable bonds is 6. The minimum absolute atomic E-state index is 0.583. The van der Waals surface area contributed by atoms with Crippen molar-refractivity contribution in [1.29, 1.82) is 0 Å². The van der Waals surface area contributed by atoms with Crippen LogP contribution in [-0.4, -0.2) is 35.6 Å². The quantitative estimate of drug-likeness (QED) is 0.683. The van der Waals surface area contributed by atoms with Crippen molar-refractivity contribution >= 4 is 10.9 Å². The Hall–Kier alpha value is -2.76. The molecule has 0 spiro atoms. The van der Waals surface area contributed by atoms with E-state index in [2.05, 4.69) is 12.0 Å². The second-order valence-electron chi connectivity index (χ2n) is 5.88. The molecular weight excluding hydrogens is 318 g/mol. The second-order valence-corrected chi connectivity index (χ2v) is 5.88. The SMILES string of the molecule is CCCOc1nc2cc(OC)c(OC)cc2cc1-c1cc(C)n(C)n1. The molecule has 3 rings (SSSR count). The minimum Gasteiger partial charge on any atom is -0.493 e. The molecule has 25 heavy (non-hydrogen) atoms. The summed E-state index contributed by atoms with van der Waals surface area (Å²) >= 11 is 0. The molecule has 0 unspecified atom stereocenters. The van der Waals surface area contributed by atoms with E-state index < -0.39 is 0 Å². The lowest BCUT2D eigenvalue weighted by molar-refractivity contribution is 0.307. The maximum atomic E-state index is 5.90. The lowest BCUT2D eigenvalue weighted by atomic mass is 10.1. The lowest BCUT2D eigenvalue weighted by Gasteiger charge is -2.13. The van der Waals surface area contributed by atoms with E-state index in [0.717, 1.165) is 34.3 Å². The first-order valence-electron chi connectivity index (χ1n) is 8.28. The predicted octanol–water partition coefficient (Wildman–Crippen LogP) is 3.75. The number of aromatic nitrogens is 3. The first-order chi connectivity index (χ1) is 12.1. The summed E-state index contributed by atoms with van der Waals surface area (Å²) in [5, 5.41) is 5.52. The van der Waals surface area contributed by atoms with Gasteiger partial charge in [0.1, 0.15) is 0 Å². The Labute approximate surface area is 147 Å². The van der Waals surface area contributed by atoms with Crippen LogP contribution in [0.5, 0.6) is 17.4 Å². The van der Waals surface area contributed by atoms with Gasteiger partial charge in [-0.05, 0) is 31.5 Å². The summed E-state index contributed by atoms with van der Waals surface area (Å²) in [5.41, 5.74) is 3.58. The van der Waals surface area contributed by atoms with Gasteiger partial charge in [-0.1, -0.05) is 6.92 Å². The monoisotopic (exact) mass is 341 g/mol. The van der Waals surface area contributed by atoms with Crippen LogP contribution >= 0.6 is 0 Å². The van der Waals surface area contributed by atoms with Crippen molar-refractivity contribution in [3.05, 3.63) is 30.0 Å². The van der Waals surface area contributed by atoms with Crippen molar-refractivity contribution in [3.8, 4) is 28.6 Å². The van der Waals surface area contributed by atoms with E-state index in [4.69, 9.17) is 19.2 Å². The molecule has 0 amide bonds. The Morgan fingerprint density at radius 1 is 1.04 bits per heavy atom. The molecule has 0 aliphatic carbocycles. The smallest absolute Gasteiger partial charge is 0.223 e. The highest BCUT2D eigenvalue weighted by Crippen LogP contribution is 2.36. The van der Waals surface area contributed by atoms with Gasteiger partial charge in [-0.2, -0.15) is 5.10 Å². The number of pyridine rings is 1. The summed E-state index contributed by atoms with van der Waals surface area (Å²) in [6.07, 6.45) is 0.909. The van der Waals surface area contributed by atoms with Gasteiger partial charge in [0.05, 0.1) is 37.6 Å². The van der Waals surface area contributed by atoms with Crippen LogP contribution in [-0.2, 0) is 7.05 Å². The molecule has 2 heterocycles. The van der Waals surface area contributed by atoms with Crippen LogP contribution in [0, 0.1) is 6.92 Å². The van der Waals surface area contributed by atoms with Crippen molar-refractivity contribution in [1.82, 2.24) is 14.8 Å². The summed E-state index contributed by atoms with van der Waals surface area (Å²) in [7, 11) is 5.16. The van der Waals surface area contributed by atoms with Crippen LogP contribution < -0.4 is 14.2 Å². The fraction of sp³-hybridized carbons (Fsp3) is 0.368. The van der Waals surface area contributed by atoms with Gasteiger partial charge in [0.2, 0.25) is 5.88 Å². The molecule has 0 radical (unpaired) electrons. The third kappa shape index (κ3) is 3.24. The van der Waals surface area contributed by atoms with Gasteiger partial charge in [-0.25, -0.2) is 4.98 Å². The Kier molecular flexibility index (Phi) is 4.79. The van der Waals surface area contributed by atoms with Crippen molar-refractivity contribution < 1.29 is 14.2 Å². The fourth-order valence-electron chi connectivity index (χ4n) is 2.67. The summed E-state index contributed by atoms with van der Waals surface area (Å²) in [5.74, 6) is 1.90. The van der Waals surface area contributed by atoms with Crippen LogP contribution in [0.3, 0.4) is 0 Å². The highest BCUT2D eigenvalue weighted by Gasteiger charge is 2.16. The average molecular weight is 341 g/mol. The zero-order valence-corrected chi connectivity index (χ0v) is 15.3. The van der Waals surface area contributed by atoms with E-state index in [1.165, 1.54) is 0 Å². The predicted molar refractivity (Wildman–Crippen MR) is 97.6 cm³/mol. The average Bonchev–Trinajstić information content (AvgIpc) is 2.96. The summed E-state index contributed by atoms with van der Waals surface area (Å²) in [4.78, 5) is 4.70. The molecular formula is C19H23N3O3. The zero-order chi connectivity index (χ0) is 18.0. The number of ether oxygens (including phenoxy) is 3. The number of benzene rings is 1. The van der Waals surface area contributed by atoms with Gasteiger partial charge in [0, 0.05) is 24.2 Å². The molecule has 0 saturated heterocycles. The number of methoxy groups -OCH3 is 2. The van der Waals surface area contributed by atoms with E-state index in [9.17, 15) is 0 Å². The molecule has 1 aromatic carbocycles. The molecule has 6 nitrogen and oxygen atoms in total. The van der Waals surface area contributed by atoms with Crippen LogP contribution in [0.15, 0.2) is 24.3 Å². The van der Waals surface area contributed by atoms with Gasteiger partial charge in [0.15, 0.2) is 11.5 Å². The Bertz CT molecular complexity index is 883. The standard InChI is InChI=1S/C19H23N3O3/c1-6-7-25-19-14(16-8-12(2)22(3)21-16)9-13-10-17(23-4)18(24-5)11-15(13)20-19/h8-11H,6-7H2,1-5H3. The highest BCUT2D eigenvalue weighted by molar-refractivity contribution is 5.88. The molecule has 6 heteroatoms. The summed E-state index contributed by atoms with van der Waals surface area (Å²) in [6.45, 7) is 4.69. The minimum atomic E-state index is 0.583. The van der Waals surface area contributed by atoms with Gasteiger partial charge < -0.3 is 14.2 Å². The fourth-order valence-corrected chi connectivity index (χ4v) is 2.67. The van der Waals surface area contributed by atoms with Crippen LogP contribution in [0.2, 0.25) is 0 Å². The first-order valence-corrected chi connectivity index (χ1v) is 8.28. The number of hydrogen-bond acceptors (Lipinski definition) is 5. The van der Waals surface area contributed by atoms with E-state index >= 15 is 0 Å². The number of nitrogens with zero attached hydrogens (tertiary/aromatic N) is 3. The molecule has 0 aliphatic rings. The molecule has 0 atom stereocenters. The number of aryl methyl sites for hydroxylation is 2. The normalized spacial score (nSPS) is 10.9. The molecule has 0 saturated carbocycles. The highest BCUT2D eigenvalue weighted by atomic mass is 16.5. The van der Waals surface area contributed by atoms with Crippen LogP contribution in [0.4, 0.5) is 0 Å². The van der Waals surface area contributed by atoms with E-state index in [-0.39, 0.29) is 0 Å². The van der Waals surface area contributed by atoms with Gasteiger partial charge >= 0.3 is 0 Å². The second kappa shape index (κ2) is 7.01. The molecule has 132 valence electrons.